The normalized spacial score (nSPS) is 16.5. The Morgan fingerprint density at radius 1 is 1.20 bits per heavy atom. The molecule has 1 aliphatic rings. The summed E-state index contributed by atoms with van der Waals surface area (Å²) in [4.78, 5) is 19.4. The minimum Gasteiger partial charge on any atom is -0.457 e. The highest BCUT2D eigenvalue weighted by molar-refractivity contribution is 7.09. The van der Waals surface area contributed by atoms with Gasteiger partial charge in [-0.2, -0.15) is 0 Å². The lowest BCUT2D eigenvalue weighted by Gasteiger charge is -2.34. The molecule has 30 heavy (non-hydrogen) atoms. The van der Waals surface area contributed by atoms with Crippen LogP contribution in [0.15, 0.2) is 54.0 Å². The Hall–Kier alpha value is -2.77. The molecule has 5 nitrogen and oxygen atoms in total. The third-order valence-corrected chi connectivity index (χ3v) is 6.14. The molecule has 2 aromatic carbocycles. The van der Waals surface area contributed by atoms with Crippen LogP contribution in [0.3, 0.4) is 0 Å². The van der Waals surface area contributed by atoms with Crippen LogP contribution in [0, 0.1) is 5.82 Å². The van der Waals surface area contributed by atoms with Gasteiger partial charge in [-0.1, -0.05) is 12.1 Å². The van der Waals surface area contributed by atoms with Crippen LogP contribution in [-0.2, 0) is 6.42 Å². The molecule has 1 fully saturated rings. The molecule has 0 saturated carbocycles. The van der Waals surface area contributed by atoms with Crippen molar-refractivity contribution in [2.75, 3.05) is 13.1 Å². The summed E-state index contributed by atoms with van der Waals surface area (Å²) in [5, 5.41) is 2.80. The molecule has 1 amide bonds. The summed E-state index contributed by atoms with van der Waals surface area (Å²) in [5.74, 6) is 0.179. The van der Waals surface area contributed by atoms with Crippen LogP contribution in [0.2, 0.25) is 0 Å². The van der Waals surface area contributed by atoms with Gasteiger partial charge in [-0.25, -0.2) is 9.37 Å². The Kier molecular flexibility index (Phi) is 6.40. The first-order valence-electron chi connectivity index (χ1n) is 10.1. The molecule has 0 aliphatic carbocycles. The van der Waals surface area contributed by atoms with Gasteiger partial charge in [0, 0.05) is 18.1 Å². The highest BCUT2D eigenvalue weighted by Crippen LogP contribution is 2.34. The van der Waals surface area contributed by atoms with E-state index in [0.29, 0.717) is 24.6 Å². The first-order valence-corrected chi connectivity index (χ1v) is 11.0. The molecule has 2 heterocycles. The van der Waals surface area contributed by atoms with Crippen molar-refractivity contribution >= 4 is 17.2 Å². The average molecular weight is 426 g/mol. The topological polar surface area (TPSA) is 68.5 Å². The number of nitrogens with zero attached hydrogens (tertiary/aromatic N) is 2. The summed E-state index contributed by atoms with van der Waals surface area (Å²) in [5.41, 5.74) is 6.72. The van der Waals surface area contributed by atoms with Crippen molar-refractivity contribution in [3.8, 4) is 11.5 Å². The van der Waals surface area contributed by atoms with Gasteiger partial charge in [-0.15, -0.1) is 11.3 Å². The number of piperidine rings is 1. The highest BCUT2D eigenvalue weighted by Gasteiger charge is 2.31. The van der Waals surface area contributed by atoms with E-state index in [-0.39, 0.29) is 17.5 Å². The van der Waals surface area contributed by atoms with Crippen LogP contribution in [0.25, 0.3) is 0 Å². The second kappa shape index (κ2) is 9.36. The van der Waals surface area contributed by atoms with Gasteiger partial charge in [0.1, 0.15) is 22.3 Å². The van der Waals surface area contributed by atoms with Crippen molar-refractivity contribution in [3.05, 3.63) is 76.0 Å². The molecule has 0 radical (unpaired) electrons. The number of likely N-dealkylation sites (tertiary alicyclic amines) is 1. The van der Waals surface area contributed by atoms with E-state index in [4.69, 9.17) is 10.5 Å². The molecule has 7 heteroatoms. The number of nitrogens with two attached hydrogens (primary N) is 1. The van der Waals surface area contributed by atoms with Gasteiger partial charge >= 0.3 is 0 Å². The van der Waals surface area contributed by atoms with Crippen LogP contribution in [-0.4, -0.2) is 28.9 Å². The van der Waals surface area contributed by atoms with Crippen molar-refractivity contribution in [2.24, 2.45) is 5.73 Å². The standard InChI is InChI=1S/C23H24FN3O2S/c24-20-9-8-18(29-17-6-4-16(5-7-17)10-11-25)15-19(20)23(28)27-13-2-1-3-21(27)22-26-12-14-30-22/h4-9,12,14-15,21H,1-3,10-11,13,25H2. The zero-order chi connectivity index (χ0) is 20.9. The van der Waals surface area contributed by atoms with Crippen molar-refractivity contribution in [1.29, 1.82) is 0 Å². The van der Waals surface area contributed by atoms with Crippen LogP contribution in [0.1, 0.15) is 46.2 Å². The molecule has 1 atom stereocenters. The second-order valence-electron chi connectivity index (χ2n) is 7.31. The summed E-state index contributed by atoms with van der Waals surface area (Å²) in [6.45, 7) is 1.18. The maximum absolute atomic E-state index is 14.6. The molecule has 1 aliphatic heterocycles. The van der Waals surface area contributed by atoms with E-state index in [1.54, 1.807) is 11.1 Å². The van der Waals surface area contributed by atoms with E-state index in [2.05, 4.69) is 4.98 Å². The molecule has 1 saturated heterocycles. The SMILES string of the molecule is NCCc1ccc(Oc2ccc(F)c(C(=O)N3CCCCC3c3nccs3)c2)cc1. The van der Waals surface area contributed by atoms with Gasteiger partial charge in [0.2, 0.25) is 0 Å². The van der Waals surface area contributed by atoms with E-state index < -0.39 is 5.82 Å². The number of amides is 1. The fraction of sp³-hybridized carbons (Fsp3) is 0.304. The van der Waals surface area contributed by atoms with Gasteiger partial charge < -0.3 is 15.4 Å². The Labute approximate surface area is 179 Å². The predicted molar refractivity (Wildman–Crippen MR) is 115 cm³/mol. The highest BCUT2D eigenvalue weighted by atomic mass is 32.1. The third kappa shape index (κ3) is 4.52. The number of hydrogen-bond acceptors (Lipinski definition) is 5. The number of rotatable bonds is 6. The zero-order valence-corrected chi connectivity index (χ0v) is 17.4. The number of carbonyl (C=O) groups excluding carboxylic acids is 1. The van der Waals surface area contributed by atoms with E-state index in [1.807, 2.05) is 29.6 Å². The number of carbonyl (C=O) groups is 1. The van der Waals surface area contributed by atoms with Crippen molar-refractivity contribution in [1.82, 2.24) is 9.88 Å². The molecule has 1 aromatic heterocycles. The van der Waals surface area contributed by atoms with Crippen LogP contribution < -0.4 is 10.5 Å². The number of thiazole rings is 1. The monoisotopic (exact) mass is 425 g/mol. The second-order valence-corrected chi connectivity index (χ2v) is 8.23. The molecule has 4 rings (SSSR count). The van der Waals surface area contributed by atoms with Crippen LogP contribution >= 0.6 is 11.3 Å². The molecule has 1 unspecified atom stereocenters. The minimum atomic E-state index is -0.547. The number of aromatic nitrogens is 1. The molecular formula is C23H24FN3O2S. The lowest BCUT2D eigenvalue weighted by atomic mass is 10.0. The minimum absolute atomic E-state index is 0.0238. The average Bonchev–Trinajstić information content (AvgIpc) is 3.31. The Balaban J connectivity index is 1.55. The molecule has 156 valence electrons. The summed E-state index contributed by atoms with van der Waals surface area (Å²) < 4.78 is 20.5. The molecular weight excluding hydrogens is 401 g/mol. The number of hydrogen-bond donors (Lipinski definition) is 1. The van der Waals surface area contributed by atoms with Gasteiger partial charge in [0.25, 0.3) is 5.91 Å². The molecule has 0 bridgehead atoms. The lowest BCUT2D eigenvalue weighted by Crippen LogP contribution is -2.38. The smallest absolute Gasteiger partial charge is 0.257 e. The third-order valence-electron chi connectivity index (χ3n) is 5.26. The van der Waals surface area contributed by atoms with Crippen molar-refractivity contribution in [3.63, 3.8) is 0 Å². The van der Waals surface area contributed by atoms with Crippen LogP contribution in [0.4, 0.5) is 4.39 Å². The fourth-order valence-electron chi connectivity index (χ4n) is 3.74. The van der Waals surface area contributed by atoms with Crippen molar-refractivity contribution < 1.29 is 13.9 Å². The molecule has 0 spiro atoms. The summed E-state index contributed by atoms with van der Waals surface area (Å²) in [6, 6.07) is 11.8. The van der Waals surface area contributed by atoms with E-state index in [0.717, 1.165) is 36.3 Å². The van der Waals surface area contributed by atoms with E-state index in [1.165, 1.54) is 29.5 Å². The van der Waals surface area contributed by atoms with Gasteiger partial charge in [0.15, 0.2) is 0 Å². The maximum atomic E-state index is 14.6. The molecule has 3 aromatic rings. The predicted octanol–water partition coefficient (Wildman–Crippen LogP) is 4.94. The Morgan fingerprint density at radius 3 is 2.73 bits per heavy atom. The van der Waals surface area contributed by atoms with E-state index >= 15 is 0 Å². The van der Waals surface area contributed by atoms with Gasteiger partial charge in [-0.05, 0) is 68.1 Å². The maximum Gasteiger partial charge on any atom is 0.257 e. The summed E-state index contributed by atoms with van der Waals surface area (Å²) in [6.07, 6.45) is 5.31. The van der Waals surface area contributed by atoms with Crippen LogP contribution in [0.5, 0.6) is 11.5 Å². The first kappa shape index (κ1) is 20.5. The Morgan fingerprint density at radius 2 is 2.00 bits per heavy atom. The largest absolute Gasteiger partial charge is 0.457 e. The quantitative estimate of drug-likeness (QED) is 0.607. The lowest BCUT2D eigenvalue weighted by molar-refractivity contribution is 0.0606. The van der Waals surface area contributed by atoms with Gasteiger partial charge in [0.05, 0.1) is 11.6 Å². The van der Waals surface area contributed by atoms with Gasteiger partial charge in [-0.3, -0.25) is 4.79 Å². The summed E-state index contributed by atoms with van der Waals surface area (Å²) in [7, 11) is 0. The number of benzene rings is 2. The fourth-order valence-corrected chi connectivity index (χ4v) is 4.53. The van der Waals surface area contributed by atoms with Crippen molar-refractivity contribution in [2.45, 2.75) is 31.7 Å². The number of ether oxygens (including phenoxy) is 1. The number of halogens is 1. The molecule has 2 N–H and O–H groups in total. The summed E-state index contributed by atoms with van der Waals surface area (Å²) >= 11 is 1.53. The Bertz CT molecular complexity index is 992. The zero-order valence-electron chi connectivity index (χ0n) is 16.6. The first-order chi connectivity index (χ1) is 14.7. The van der Waals surface area contributed by atoms with E-state index in [9.17, 15) is 9.18 Å².